The predicted octanol–water partition coefficient (Wildman–Crippen LogP) is 4.61. The summed E-state index contributed by atoms with van der Waals surface area (Å²) >= 11 is 0. The van der Waals surface area contributed by atoms with Crippen molar-refractivity contribution in [2.45, 2.75) is 13.1 Å². The first-order valence-corrected chi connectivity index (χ1v) is 8.59. The van der Waals surface area contributed by atoms with Crippen molar-refractivity contribution in [2.75, 3.05) is 9.91 Å². The molecule has 3 aromatic rings. The molecule has 0 fully saturated rings. The lowest BCUT2D eigenvalue weighted by Crippen LogP contribution is -2.37. The van der Waals surface area contributed by atoms with Gasteiger partial charge in [0, 0.05) is 12.6 Å². The molecular formula is C22H19N3O. The number of nitrogens with zero attached hydrogens (tertiary/aromatic N) is 3. The number of amidine groups is 1. The molecule has 128 valence electrons. The molecule has 0 saturated carbocycles. The molecule has 1 atom stereocenters. The Labute approximate surface area is 153 Å². The predicted molar refractivity (Wildman–Crippen MR) is 105 cm³/mol. The van der Waals surface area contributed by atoms with Gasteiger partial charge in [-0.15, -0.1) is 5.10 Å². The first kappa shape index (κ1) is 16.1. The number of Topliss-reactive ketones (excluding diaryl/α,β-unsaturated/α-hetero) is 1. The Balaban J connectivity index is 1.89. The highest BCUT2D eigenvalue weighted by molar-refractivity contribution is 6.44. The number of para-hydroxylation sites is 2. The van der Waals surface area contributed by atoms with Gasteiger partial charge in [0.1, 0.15) is 0 Å². The maximum absolute atomic E-state index is 12.4. The Hall–Kier alpha value is -3.40. The molecule has 0 spiro atoms. The molecule has 0 aromatic heterocycles. The average molecular weight is 341 g/mol. The Morgan fingerprint density at radius 3 is 1.81 bits per heavy atom. The van der Waals surface area contributed by atoms with Gasteiger partial charge in [-0.05, 0) is 29.8 Å². The highest BCUT2D eigenvalue weighted by atomic mass is 16.1. The number of anilines is 2. The molecule has 4 rings (SSSR count). The van der Waals surface area contributed by atoms with E-state index in [4.69, 9.17) is 5.10 Å². The van der Waals surface area contributed by atoms with Gasteiger partial charge in [-0.1, -0.05) is 66.7 Å². The summed E-state index contributed by atoms with van der Waals surface area (Å²) in [6, 6.07) is 30.0. The Morgan fingerprint density at radius 2 is 1.27 bits per heavy atom. The fourth-order valence-electron chi connectivity index (χ4n) is 3.22. The second kappa shape index (κ2) is 6.84. The second-order valence-electron chi connectivity index (χ2n) is 6.15. The van der Waals surface area contributed by atoms with Crippen LogP contribution in [0.25, 0.3) is 0 Å². The zero-order valence-electron chi connectivity index (χ0n) is 14.5. The molecule has 1 heterocycles. The molecule has 4 nitrogen and oxygen atoms in total. The number of carbonyl (C=O) groups is 1. The van der Waals surface area contributed by atoms with Crippen molar-refractivity contribution < 1.29 is 4.79 Å². The van der Waals surface area contributed by atoms with Gasteiger partial charge in [0.25, 0.3) is 0 Å². The molecule has 1 unspecified atom stereocenters. The fourth-order valence-corrected chi connectivity index (χ4v) is 3.22. The number of benzene rings is 3. The molecule has 3 aromatic carbocycles. The largest absolute Gasteiger partial charge is 0.295 e. The summed E-state index contributed by atoms with van der Waals surface area (Å²) in [4.78, 5) is 14.4. The van der Waals surface area contributed by atoms with Gasteiger partial charge in [-0.25, -0.2) is 5.01 Å². The highest BCUT2D eigenvalue weighted by Gasteiger charge is 2.38. The molecule has 1 aliphatic heterocycles. The molecular weight excluding hydrogens is 322 g/mol. The molecule has 1 aliphatic rings. The summed E-state index contributed by atoms with van der Waals surface area (Å²) in [5.41, 5.74) is 2.95. The van der Waals surface area contributed by atoms with Crippen LogP contribution in [0.5, 0.6) is 0 Å². The summed E-state index contributed by atoms with van der Waals surface area (Å²) in [6.07, 6.45) is -0.222. The molecule has 0 amide bonds. The quantitative estimate of drug-likeness (QED) is 0.695. The van der Waals surface area contributed by atoms with Crippen LogP contribution in [0, 0.1) is 0 Å². The smallest absolute Gasteiger partial charge is 0.198 e. The maximum atomic E-state index is 12.4. The molecule has 0 N–H and O–H groups in total. The third kappa shape index (κ3) is 2.86. The number of carbonyl (C=O) groups excluding carboxylic acids is 1. The zero-order valence-corrected chi connectivity index (χ0v) is 14.5. The fraction of sp³-hybridized carbons (Fsp3) is 0.0909. The van der Waals surface area contributed by atoms with Crippen molar-refractivity contribution in [1.82, 2.24) is 0 Å². The van der Waals surface area contributed by atoms with Crippen LogP contribution in [0.15, 0.2) is 96.1 Å². The van der Waals surface area contributed by atoms with Gasteiger partial charge in [-0.2, -0.15) is 0 Å². The standard InChI is InChI=1S/C22H19N3O/c1-17(26)21-23-25(20-15-9-4-10-16-20)22(18-11-5-2-6-12-18)24(21)19-13-7-3-8-14-19/h2-16,22H,1H3. The van der Waals surface area contributed by atoms with Crippen LogP contribution in [0.4, 0.5) is 11.4 Å². The van der Waals surface area contributed by atoms with E-state index in [-0.39, 0.29) is 11.9 Å². The summed E-state index contributed by atoms with van der Waals surface area (Å²) < 4.78 is 0. The van der Waals surface area contributed by atoms with E-state index < -0.39 is 0 Å². The minimum absolute atomic E-state index is 0.0618. The highest BCUT2D eigenvalue weighted by Crippen LogP contribution is 2.38. The van der Waals surface area contributed by atoms with Crippen LogP contribution in [0.3, 0.4) is 0 Å². The van der Waals surface area contributed by atoms with Crippen LogP contribution < -0.4 is 9.91 Å². The summed E-state index contributed by atoms with van der Waals surface area (Å²) in [5, 5.41) is 6.62. The number of hydrazone groups is 1. The summed E-state index contributed by atoms with van der Waals surface area (Å²) in [5.74, 6) is 0.377. The minimum Gasteiger partial charge on any atom is -0.295 e. The van der Waals surface area contributed by atoms with E-state index in [1.165, 1.54) is 0 Å². The first-order valence-electron chi connectivity index (χ1n) is 8.59. The normalized spacial score (nSPS) is 16.5. The lowest BCUT2D eigenvalue weighted by atomic mass is 10.1. The van der Waals surface area contributed by atoms with Gasteiger partial charge in [0.05, 0.1) is 5.69 Å². The van der Waals surface area contributed by atoms with E-state index in [0.29, 0.717) is 5.84 Å². The Kier molecular flexibility index (Phi) is 4.23. The molecule has 26 heavy (non-hydrogen) atoms. The molecule has 0 saturated heterocycles. The number of ketones is 1. The first-order chi connectivity index (χ1) is 12.8. The molecule has 0 radical (unpaired) electrons. The van der Waals surface area contributed by atoms with Crippen LogP contribution in [-0.4, -0.2) is 11.6 Å². The van der Waals surface area contributed by atoms with Crippen LogP contribution in [0.1, 0.15) is 18.7 Å². The van der Waals surface area contributed by atoms with E-state index in [1.54, 1.807) is 6.92 Å². The van der Waals surface area contributed by atoms with Crippen molar-refractivity contribution in [1.29, 1.82) is 0 Å². The van der Waals surface area contributed by atoms with Gasteiger partial charge in [-0.3, -0.25) is 9.69 Å². The van der Waals surface area contributed by atoms with E-state index >= 15 is 0 Å². The van der Waals surface area contributed by atoms with Crippen molar-refractivity contribution in [2.24, 2.45) is 5.10 Å². The zero-order chi connectivity index (χ0) is 17.9. The molecule has 0 bridgehead atoms. The third-order valence-corrected chi connectivity index (χ3v) is 4.37. The SMILES string of the molecule is CC(=O)C1=NN(c2ccccc2)C(c2ccccc2)N1c1ccccc1. The summed E-state index contributed by atoms with van der Waals surface area (Å²) in [6.45, 7) is 1.56. The van der Waals surface area contributed by atoms with E-state index in [1.807, 2.05) is 88.8 Å². The van der Waals surface area contributed by atoms with Crippen LogP contribution in [0.2, 0.25) is 0 Å². The van der Waals surface area contributed by atoms with Crippen molar-refractivity contribution in [3.8, 4) is 0 Å². The number of hydrogen-bond donors (Lipinski definition) is 0. The van der Waals surface area contributed by atoms with Crippen LogP contribution in [-0.2, 0) is 4.79 Å². The van der Waals surface area contributed by atoms with Crippen LogP contribution >= 0.6 is 0 Å². The van der Waals surface area contributed by atoms with E-state index in [9.17, 15) is 4.79 Å². The monoisotopic (exact) mass is 341 g/mol. The second-order valence-corrected chi connectivity index (χ2v) is 6.15. The lowest BCUT2D eigenvalue weighted by Gasteiger charge is -2.32. The average Bonchev–Trinajstić information content (AvgIpc) is 3.11. The molecule has 4 heteroatoms. The van der Waals surface area contributed by atoms with Gasteiger partial charge >= 0.3 is 0 Å². The van der Waals surface area contributed by atoms with Crippen molar-refractivity contribution in [3.05, 3.63) is 96.6 Å². The number of hydrogen-bond acceptors (Lipinski definition) is 4. The van der Waals surface area contributed by atoms with E-state index in [2.05, 4.69) is 12.1 Å². The Morgan fingerprint density at radius 1 is 0.769 bits per heavy atom. The van der Waals surface area contributed by atoms with E-state index in [0.717, 1.165) is 16.9 Å². The minimum atomic E-state index is -0.222. The van der Waals surface area contributed by atoms with Gasteiger partial charge in [0.2, 0.25) is 0 Å². The summed E-state index contributed by atoms with van der Waals surface area (Å²) in [7, 11) is 0. The topological polar surface area (TPSA) is 35.9 Å². The lowest BCUT2D eigenvalue weighted by molar-refractivity contribution is -0.111. The van der Waals surface area contributed by atoms with Crippen molar-refractivity contribution in [3.63, 3.8) is 0 Å². The number of rotatable bonds is 4. The maximum Gasteiger partial charge on any atom is 0.198 e. The van der Waals surface area contributed by atoms with Gasteiger partial charge in [0.15, 0.2) is 17.8 Å². The third-order valence-electron chi connectivity index (χ3n) is 4.37. The Bertz CT molecular complexity index is 923. The molecule has 0 aliphatic carbocycles. The van der Waals surface area contributed by atoms with Crippen molar-refractivity contribution >= 4 is 23.0 Å². The van der Waals surface area contributed by atoms with Gasteiger partial charge < -0.3 is 0 Å².